The smallest absolute Gasteiger partial charge is 0.353 e. The van der Waals surface area contributed by atoms with E-state index in [4.69, 9.17) is 0 Å². The molecule has 0 saturated heterocycles. The lowest BCUT2D eigenvalue weighted by Gasteiger charge is -2.06. The molecule has 0 aliphatic rings. The Morgan fingerprint density at radius 1 is 1.08 bits per heavy atom. The number of rotatable bonds is 11. The number of benzene rings is 1. The molecule has 25 heavy (non-hydrogen) atoms. The van der Waals surface area contributed by atoms with Crippen LogP contribution in [0.1, 0.15) is 56.6 Å². The van der Waals surface area contributed by atoms with Gasteiger partial charge in [-0.15, -0.1) is 11.8 Å². The van der Waals surface area contributed by atoms with Crippen molar-refractivity contribution in [1.29, 1.82) is 0 Å². The molecule has 0 fully saturated rings. The quantitative estimate of drug-likeness (QED) is 0.385. The molecule has 0 heterocycles. The van der Waals surface area contributed by atoms with Crippen molar-refractivity contribution in [2.24, 2.45) is 0 Å². The van der Waals surface area contributed by atoms with Gasteiger partial charge in [0.1, 0.15) is 0 Å². The van der Waals surface area contributed by atoms with Gasteiger partial charge in [0, 0.05) is 18.4 Å². The van der Waals surface area contributed by atoms with Gasteiger partial charge >= 0.3 is 6.18 Å². The second-order valence-corrected chi connectivity index (χ2v) is 6.76. The Hall–Kier alpha value is -1.43. The van der Waals surface area contributed by atoms with Crippen molar-refractivity contribution < 1.29 is 18.0 Å². The molecule has 0 bridgehead atoms. The summed E-state index contributed by atoms with van der Waals surface area (Å²) in [4.78, 5) is 11.6. The molecule has 0 aliphatic carbocycles. The number of nitrogens with one attached hydrogen (secondary N) is 1. The Bertz CT molecular complexity index is 526. The van der Waals surface area contributed by atoms with Crippen LogP contribution in [0.4, 0.5) is 13.2 Å². The van der Waals surface area contributed by atoms with Gasteiger partial charge in [0.25, 0.3) is 0 Å². The van der Waals surface area contributed by atoms with E-state index in [0.29, 0.717) is 12.3 Å². The summed E-state index contributed by atoms with van der Waals surface area (Å²) in [6, 6.07) is 5.07. The van der Waals surface area contributed by atoms with Gasteiger partial charge in [0.05, 0.1) is 5.56 Å². The van der Waals surface area contributed by atoms with E-state index in [1.54, 1.807) is 5.41 Å². The zero-order chi connectivity index (χ0) is 18.5. The van der Waals surface area contributed by atoms with Gasteiger partial charge in [-0.25, -0.2) is 0 Å². The third-order valence-electron chi connectivity index (χ3n) is 3.68. The maximum Gasteiger partial charge on any atom is 0.416 e. The first-order chi connectivity index (χ1) is 11.9. The zero-order valence-corrected chi connectivity index (χ0v) is 15.4. The van der Waals surface area contributed by atoms with Crippen LogP contribution in [0.25, 0.3) is 0 Å². The van der Waals surface area contributed by atoms with E-state index in [1.165, 1.54) is 55.7 Å². The molecular weight excluding hydrogens is 347 g/mol. The first-order valence-corrected chi connectivity index (χ1v) is 9.70. The van der Waals surface area contributed by atoms with Crippen LogP contribution in [0.5, 0.6) is 0 Å². The molecule has 0 unspecified atom stereocenters. The lowest BCUT2D eigenvalue weighted by molar-refractivity contribution is -0.137. The molecule has 0 spiro atoms. The fraction of sp³-hybridized carbons (Fsp3) is 0.526. The highest BCUT2D eigenvalue weighted by Crippen LogP contribution is 2.29. The predicted octanol–water partition coefficient (Wildman–Crippen LogP) is 5.93. The molecule has 0 radical (unpaired) electrons. The number of halogens is 3. The Morgan fingerprint density at radius 2 is 1.72 bits per heavy atom. The van der Waals surface area contributed by atoms with Crippen molar-refractivity contribution in [2.75, 3.05) is 6.54 Å². The number of unbranched alkanes of at least 4 members (excludes halogenated alkanes) is 5. The van der Waals surface area contributed by atoms with Crippen LogP contribution in [0, 0.1) is 0 Å². The van der Waals surface area contributed by atoms with Gasteiger partial charge in [-0.3, -0.25) is 4.79 Å². The maximum absolute atomic E-state index is 12.5. The Balaban J connectivity index is 2.15. The normalized spacial score (nSPS) is 11.8. The summed E-state index contributed by atoms with van der Waals surface area (Å²) < 4.78 is 37.4. The van der Waals surface area contributed by atoms with E-state index in [-0.39, 0.29) is 5.91 Å². The van der Waals surface area contributed by atoms with Crippen molar-refractivity contribution in [3.63, 3.8) is 0 Å². The summed E-state index contributed by atoms with van der Waals surface area (Å²) in [6.45, 7) is 2.86. The molecule has 0 saturated carbocycles. The number of alkyl halides is 3. The van der Waals surface area contributed by atoms with Gasteiger partial charge in [0.15, 0.2) is 0 Å². The molecule has 0 atom stereocenters. The summed E-state index contributed by atoms with van der Waals surface area (Å²) in [5.74, 6) is 0.396. The van der Waals surface area contributed by atoms with E-state index in [9.17, 15) is 18.0 Å². The lowest BCUT2D eigenvalue weighted by atomic mass is 10.1. The Morgan fingerprint density at radius 3 is 2.36 bits per heavy atom. The van der Waals surface area contributed by atoms with E-state index < -0.39 is 11.7 Å². The third-order valence-corrected chi connectivity index (χ3v) is 4.50. The van der Waals surface area contributed by atoms with Gasteiger partial charge in [0.2, 0.25) is 5.91 Å². The number of amides is 1. The first kappa shape index (κ1) is 21.6. The summed E-state index contributed by atoms with van der Waals surface area (Å²) in [5.41, 5.74) is 0.140. The van der Waals surface area contributed by atoms with Crippen molar-refractivity contribution in [1.82, 2.24) is 5.32 Å². The molecule has 1 amide bonds. The minimum Gasteiger partial charge on any atom is -0.353 e. The fourth-order valence-corrected chi connectivity index (χ4v) is 2.92. The SMILES string of the molecule is CCCCCCCCNC(=O)/C=C\SCc1ccc(C(F)(F)F)cc1. The first-order valence-electron chi connectivity index (χ1n) is 8.65. The van der Waals surface area contributed by atoms with Crippen LogP contribution in [-0.4, -0.2) is 12.5 Å². The Labute approximate surface area is 152 Å². The number of carbonyl (C=O) groups excluding carboxylic acids is 1. The molecule has 1 N–H and O–H groups in total. The Kier molecular flexibility index (Phi) is 10.4. The molecule has 0 aromatic heterocycles. The van der Waals surface area contributed by atoms with Gasteiger partial charge in [-0.1, -0.05) is 51.2 Å². The summed E-state index contributed by atoms with van der Waals surface area (Å²) in [7, 11) is 0. The van der Waals surface area contributed by atoms with Crippen LogP contribution in [0.2, 0.25) is 0 Å². The number of hydrogen-bond acceptors (Lipinski definition) is 2. The molecule has 2 nitrogen and oxygen atoms in total. The van der Waals surface area contributed by atoms with Crippen LogP contribution in [-0.2, 0) is 16.7 Å². The molecule has 1 aromatic carbocycles. The number of thioether (sulfide) groups is 1. The standard InChI is InChI=1S/C19H26F3NOS/c1-2-3-4-5-6-7-13-23-18(24)12-14-25-15-16-8-10-17(11-9-16)19(20,21)22/h8-12,14H,2-7,13,15H2,1H3,(H,23,24)/b14-12-. The average Bonchev–Trinajstić information content (AvgIpc) is 2.57. The van der Waals surface area contributed by atoms with Crippen molar-refractivity contribution in [2.45, 2.75) is 57.4 Å². The average molecular weight is 373 g/mol. The molecule has 0 aliphatic heterocycles. The molecule has 140 valence electrons. The number of hydrogen-bond donors (Lipinski definition) is 1. The van der Waals surface area contributed by atoms with Gasteiger partial charge in [-0.05, 0) is 29.5 Å². The highest BCUT2D eigenvalue weighted by molar-refractivity contribution is 8.01. The minimum absolute atomic E-state index is 0.131. The van der Waals surface area contributed by atoms with E-state index in [1.807, 2.05) is 0 Å². The molecule has 1 rings (SSSR count). The second kappa shape index (κ2) is 12.0. The van der Waals surface area contributed by atoms with Crippen molar-refractivity contribution in [3.8, 4) is 0 Å². The minimum atomic E-state index is -4.31. The van der Waals surface area contributed by atoms with Gasteiger partial charge < -0.3 is 5.32 Å². The lowest BCUT2D eigenvalue weighted by Crippen LogP contribution is -2.21. The van der Waals surface area contributed by atoms with Crippen molar-refractivity contribution in [3.05, 3.63) is 46.9 Å². The second-order valence-electron chi connectivity index (χ2n) is 5.87. The number of carbonyl (C=O) groups is 1. The largest absolute Gasteiger partial charge is 0.416 e. The zero-order valence-electron chi connectivity index (χ0n) is 14.6. The summed E-state index contributed by atoms with van der Waals surface area (Å²) in [6.07, 6.45) is 4.24. The highest BCUT2D eigenvalue weighted by atomic mass is 32.2. The fourth-order valence-electron chi connectivity index (χ4n) is 2.22. The van der Waals surface area contributed by atoms with E-state index >= 15 is 0 Å². The summed E-state index contributed by atoms with van der Waals surface area (Å²) >= 11 is 1.38. The molecule has 1 aromatic rings. The molecule has 6 heteroatoms. The topological polar surface area (TPSA) is 29.1 Å². The van der Waals surface area contributed by atoms with Gasteiger partial charge in [-0.2, -0.15) is 13.2 Å². The van der Waals surface area contributed by atoms with Crippen LogP contribution in [0.3, 0.4) is 0 Å². The van der Waals surface area contributed by atoms with Crippen LogP contribution >= 0.6 is 11.8 Å². The van der Waals surface area contributed by atoms with E-state index in [0.717, 1.165) is 30.5 Å². The highest BCUT2D eigenvalue weighted by Gasteiger charge is 2.29. The van der Waals surface area contributed by atoms with Crippen molar-refractivity contribution >= 4 is 17.7 Å². The maximum atomic E-state index is 12.5. The van der Waals surface area contributed by atoms with E-state index in [2.05, 4.69) is 12.2 Å². The van der Waals surface area contributed by atoms with Crippen LogP contribution in [0.15, 0.2) is 35.7 Å². The predicted molar refractivity (Wildman–Crippen MR) is 98.3 cm³/mol. The summed E-state index contributed by atoms with van der Waals surface area (Å²) in [5, 5.41) is 4.51. The third kappa shape index (κ3) is 10.2. The monoisotopic (exact) mass is 373 g/mol. The molecular formula is C19H26F3NOS. The van der Waals surface area contributed by atoms with Crippen LogP contribution < -0.4 is 5.32 Å².